The van der Waals surface area contributed by atoms with Gasteiger partial charge >= 0.3 is 25.8 Å². The van der Waals surface area contributed by atoms with Crippen molar-refractivity contribution in [3.8, 4) is 0 Å². The van der Waals surface area contributed by atoms with Crippen LogP contribution in [0.1, 0.15) is 16.7 Å². The number of hydrogen-bond donors (Lipinski definition) is 0. The summed E-state index contributed by atoms with van der Waals surface area (Å²) in [4.78, 5) is 6.17. The Morgan fingerprint density at radius 3 is 0.742 bits per heavy atom. The smallest absolute Gasteiger partial charge is 0.428 e. The zero-order valence-electron chi connectivity index (χ0n) is 20.0. The molecule has 0 fully saturated rings. The molecule has 162 valence electrons. The quantitative estimate of drug-likeness (QED) is 0.470. The number of hydrogen-bond acceptors (Lipinski definition) is 3. The molecule has 0 spiro atoms. The molecule has 31 heavy (non-hydrogen) atoms. The number of benzene rings is 3. The van der Waals surface area contributed by atoms with Gasteiger partial charge in [0, 0.05) is 0 Å². The minimum Gasteiger partial charge on any atom is -0.428 e. The van der Waals surface area contributed by atoms with Crippen LogP contribution in [-0.4, -0.2) is 42.3 Å². The summed E-state index contributed by atoms with van der Waals surface area (Å²) in [5, 5.41) is 0. The third-order valence-electron chi connectivity index (χ3n) is 4.42. The van der Waals surface area contributed by atoms with E-state index in [2.05, 4.69) is 53.7 Å². The Labute approximate surface area is 209 Å². The maximum Gasteiger partial charge on any atom is 3.00 e. The first-order chi connectivity index (χ1) is 14.1. The van der Waals surface area contributed by atoms with Crippen LogP contribution in [0.4, 0.5) is 17.1 Å². The van der Waals surface area contributed by atoms with E-state index < -0.39 is 0 Å². The largest absolute Gasteiger partial charge is 3.00 e. The molecule has 3 aromatic rings. The Kier molecular flexibility index (Phi) is 13.4. The molecular formula is C27H36N3Sc. The van der Waals surface area contributed by atoms with Gasteiger partial charge in [-0.1, -0.05) is 53.5 Å². The van der Waals surface area contributed by atoms with Crippen LogP contribution in [0.5, 0.6) is 0 Å². The van der Waals surface area contributed by atoms with Crippen molar-refractivity contribution < 1.29 is 25.8 Å². The number of anilines is 3. The first-order valence-electron chi connectivity index (χ1n) is 9.90. The van der Waals surface area contributed by atoms with Gasteiger partial charge in [0.1, 0.15) is 0 Å². The van der Waals surface area contributed by atoms with Crippen LogP contribution < -0.4 is 14.7 Å². The summed E-state index contributed by atoms with van der Waals surface area (Å²) in [5.74, 6) is 0. The van der Waals surface area contributed by atoms with E-state index in [1.807, 2.05) is 96.9 Å². The van der Waals surface area contributed by atoms with E-state index in [0.29, 0.717) is 0 Å². The Bertz CT molecular complexity index is 771. The topological polar surface area (TPSA) is 9.72 Å². The molecule has 0 saturated carbocycles. The van der Waals surface area contributed by atoms with Gasteiger partial charge in [0.25, 0.3) is 0 Å². The number of rotatable bonds is 3. The van der Waals surface area contributed by atoms with Gasteiger partial charge in [-0.15, -0.1) is 18.2 Å². The van der Waals surface area contributed by atoms with Crippen molar-refractivity contribution in [1.82, 2.24) is 0 Å². The molecule has 0 aliphatic heterocycles. The summed E-state index contributed by atoms with van der Waals surface area (Å²) >= 11 is 0. The number of nitrogens with zero attached hydrogens (tertiary/aromatic N) is 3. The minimum atomic E-state index is 0. The molecule has 0 radical (unpaired) electrons. The van der Waals surface area contributed by atoms with E-state index in [0.717, 1.165) is 16.7 Å². The average Bonchev–Trinajstić information content (AvgIpc) is 2.69. The fourth-order valence-electron chi connectivity index (χ4n) is 2.84. The zero-order chi connectivity index (χ0) is 22.7. The standard InChI is InChI=1S/3C9H12N.Sc/c3*1-8-6-4-5-7-9(8)10(2)3;/h3*4-7H,1H2,2-3H3;/q3*-1;+3. The van der Waals surface area contributed by atoms with E-state index in [-0.39, 0.29) is 25.8 Å². The summed E-state index contributed by atoms with van der Waals surface area (Å²) in [5.41, 5.74) is 6.78. The van der Waals surface area contributed by atoms with Crippen molar-refractivity contribution in [3.63, 3.8) is 0 Å². The van der Waals surface area contributed by atoms with Crippen LogP contribution >= 0.6 is 0 Å². The zero-order valence-corrected chi connectivity index (χ0v) is 21.8. The summed E-state index contributed by atoms with van der Waals surface area (Å²) in [7, 11) is 12.1. The van der Waals surface area contributed by atoms with E-state index in [1.165, 1.54) is 17.1 Å². The molecule has 0 bridgehead atoms. The van der Waals surface area contributed by atoms with Crippen molar-refractivity contribution in [2.24, 2.45) is 0 Å². The second kappa shape index (κ2) is 14.5. The normalized spacial score (nSPS) is 9.10. The Balaban J connectivity index is 0.000000429. The SMILES string of the molecule is [CH2-]c1ccccc1N(C)C.[CH2-]c1ccccc1N(C)C.[CH2-]c1ccccc1N(C)C.[Sc+3]. The van der Waals surface area contributed by atoms with Crippen LogP contribution in [0.2, 0.25) is 0 Å². The van der Waals surface area contributed by atoms with E-state index in [1.54, 1.807) is 0 Å². The summed E-state index contributed by atoms with van der Waals surface area (Å²) in [6, 6.07) is 24.2. The molecule has 0 aliphatic carbocycles. The van der Waals surface area contributed by atoms with Gasteiger partial charge in [-0.25, -0.2) is 0 Å². The first kappa shape index (κ1) is 28.5. The Morgan fingerprint density at radius 2 is 0.613 bits per heavy atom. The molecular weight excluding hydrogens is 411 g/mol. The molecule has 0 heterocycles. The van der Waals surface area contributed by atoms with Crippen molar-refractivity contribution in [1.29, 1.82) is 0 Å². The van der Waals surface area contributed by atoms with Gasteiger partial charge in [0.2, 0.25) is 0 Å². The predicted octanol–water partition coefficient (Wildman–Crippen LogP) is 5.80. The second-order valence-corrected chi connectivity index (χ2v) is 7.57. The molecule has 0 saturated heterocycles. The van der Waals surface area contributed by atoms with Crippen LogP contribution in [0.25, 0.3) is 0 Å². The first-order valence-corrected chi connectivity index (χ1v) is 9.90. The van der Waals surface area contributed by atoms with Crippen LogP contribution in [0.15, 0.2) is 72.8 Å². The molecule has 0 N–H and O–H groups in total. The van der Waals surface area contributed by atoms with Crippen molar-refractivity contribution >= 4 is 17.1 Å². The minimum absolute atomic E-state index is 0. The molecule has 3 nitrogen and oxygen atoms in total. The van der Waals surface area contributed by atoms with Gasteiger partial charge in [0.15, 0.2) is 0 Å². The van der Waals surface area contributed by atoms with E-state index in [4.69, 9.17) is 0 Å². The Morgan fingerprint density at radius 1 is 0.419 bits per heavy atom. The maximum absolute atomic E-state index is 3.90. The molecule has 3 rings (SSSR count). The molecule has 4 heteroatoms. The summed E-state index contributed by atoms with van der Waals surface area (Å²) in [6.07, 6.45) is 0. The predicted molar refractivity (Wildman–Crippen MR) is 136 cm³/mol. The summed E-state index contributed by atoms with van der Waals surface area (Å²) < 4.78 is 0. The van der Waals surface area contributed by atoms with Crippen molar-refractivity contribution in [3.05, 3.63) is 110 Å². The maximum atomic E-state index is 3.90. The van der Waals surface area contributed by atoms with Crippen LogP contribution in [-0.2, 0) is 25.8 Å². The monoisotopic (exact) mass is 447 g/mol. The second-order valence-electron chi connectivity index (χ2n) is 7.57. The fourth-order valence-corrected chi connectivity index (χ4v) is 2.84. The fraction of sp³-hybridized carbons (Fsp3) is 0.222. The van der Waals surface area contributed by atoms with Crippen molar-refractivity contribution in [2.75, 3.05) is 57.0 Å². The summed E-state index contributed by atoms with van der Waals surface area (Å²) in [6.45, 7) is 11.7. The van der Waals surface area contributed by atoms with Gasteiger partial charge < -0.3 is 14.7 Å². The van der Waals surface area contributed by atoms with E-state index in [9.17, 15) is 0 Å². The third kappa shape index (κ3) is 9.93. The van der Waals surface area contributed by atoms with Gasteiger partial charge in [-0.05, 0) is 42.3 Å². The molecule has 0 aromatic heterocycles. The van der Waals surface area contributed by atoms with Crippen molar-refractivity contribution in [2.45, 2.75) is 0 Å². The Hall–Kier alpha value is -2.46. The molecule has 0 aliphatic rings. The number of para-hydroxylation sites is 3. The van der Waals surface area contributed by atoms with E-state index >= 15 is 0 Å². The average molecular weight is 448 g/mol. The van der Waals surface area contributed by atoms with Gasteiger partial charge in [0.05, 0.1) is 0 Å². The van der Waals surface area contributed by atoms with Crippen LogP contribution in [0, 0.1) is 20.8 Å². The molecule has 0 unspecified atom stereocenters. The third-order valence-corrected chi connectivity index (χ3v) is 4.42. The molecule has 0 atom stereocenters. The van der Waals surface area contributed by atoms with Crippen LogP contribution in [0.3, 0.4) is 0 Å². The molecule has 0 amide bonds. The molecule has 3 aromatic carbocycles. The van der Waals surface area contributed by atoms with Gasteiger partial charge in [-0.3, -0.25) is 0 Å². The van der Waals surface area contributed by atoms with Gasteiger partial charge in [-0.2, -0.15) is 55.7 Å².